The number of pyridine rings is 3. The van der Waals surface area contributed by atoms with E-state index in [0.29, 0.717) is 51.6 Å². The lowest BCUT2D eigenvalue weighted by atomic mass is 9.49. The van der Waals surface area contributed by atoms with E-state index < -0.39 is 11.2 Å². The van der Waals surface area contributed by atoms with Gasteiger partial charge in [-0.05, 0) is 71.9 Å². The van der Waals surface area contributed by atoms with Gasteiger partial charge in [0, 0.05) is 73.3 Å². The molecule has 5 aromatic rings. The van der Waals surface area contributed by atoms with Gasteiger partial charge in [0.1, 0.15) is 54.2 Å². The fourth-order valence-electron chi connectivity index (χ4n) is 8.37. The lowest BCUT2D eigenvalue weighted by Crippen LogP contribution is -2.59. The van der Waals surface area contributed by atoms with Crippen LogP contribution in [0.15, 0.2) is 70.9 Å². The van der Waals surface area contributed by atoms with Gasteiger partial charge in [0.2, 0.25) is 0 Å². The minimum Gasteiger partial charge on any atom is -0.398 e. The van der Waals surface area contributed by atoms with Gasteiger partial charge in [-0.3, -0.25) is 19.1 Å². The molecule has 0 bridgehead atoms. The quantitative estimate of drug-likeness (QED) is 0.207. The Morgan fingerprint density at radius 3 is 2.49 bits per heavy atom. The molecule has 2 fully saturated rings. The van der Waals surface area contributed by atoms with Crippen LogP contribution in [-0.2, 0) is 22.8 Å². The number of piperazine rings is 1. The highest BCUT2D eigenvalue weighted by Gasteiger charge is 2.33. The highest BCUT2D eigenvalue weighted by atomic mass is 16.5. The third-order valence-electron chi connectivity index (χ3n) is 11.2. The monoisotopic (exact) mass is 710 g/mol. The number of aliphatic hydroxyl groups excluding tert-OH is 1. The van der Waals surface area contributed by atoms with Crippen LogP contribution in [0.2, 0.25) is 0 Å². The lowest BCUT2D eigenvalue weighted by molar-refractivity contribution is -0.0691. The summed E-state index contributed by atoms with van der Waals surface area (Å²) in [5, 5.41) is 14.0. The zero-order valence-electron chi connectivity index (χ0n) is 31.8. The van der Waals surface area contributed by atoms with Crippen LogP contribution in [0.5, 0.6) is 0 Å². The largest absolute Gasteiger partial charge is 0.398 e. The third kappa shape index (κ3) is 6.44. The average Bonchev–Trinajstić information content (AvgIpc) is 3.57. The first kappa shape index (κ1) is 35.5. The van der Waals surface area contributed by atoms with Gasteiger partial charge in [0.05, 0.1) is 31.1 Å². The molecule has 53 heavy (non-hydrogen) atoms. The summed E-state index contributed by atoms with van der Waals surface area (Å²) in [6, 6.07) is 9.47. The number of aromatic nitrogens is 5. The summed E-state index contributed by atoms with van der Waals surface area (Å²) in [5.41, 5.74) is 5.96. The van der Waals surface area contributed by atoms with Crippen LogP contribution in [0, 0.1) is 5.41 Å². The van der Waals surface area contributed by atoms with Crippen molar-refractivity contribution in [2.45, 2.75) is 56.9 Å². The van der Waals surface area contributed by atoms with E-state index in [9.17, 15) is 14.7 Å². The Hall–Kier alpha value is -4.52. The molecule has 2 N–H and O–H groups in total. The Morgan fingerprint density at radius 1 is 1.04 bits per heavy atom. The van der Waals surface area contributed by atoms with Crippen LogP contribution >= 0.6 is 0 Å². The predicted molar refractivity (Wildman–Crippen MR) is 219 cm³/mol. The predicted octanol–water partition coefficient (Wildman–Crippen LogP) is -0.422. The fraction of sp³-hybridized carbons (Fsp3) is 0.405. The molecule has 0 aromatic carbocycles. The first-order valence-electron chi connectivity index (χ1n) is 18.7. The van der Waals surface area contributed by atoms with Gasteiger partial charge >= 0.3 is 0 Å². The topological polar surface area (TPSA) is 122 Å². The molecule has 0 saturated carbocycles. The summed E-state index contributed by atoms with van der Waals surface area (Å²) in [6.45, 7) is 11.3. The van der Waals surface area contributed by atoms with Crippen molar-refractivity contribution in [2.75, 3.05) is 43.1 Å². The second kappa shape index (κ2) is 13.1. The van der Waals surface area contributed by atoms with Crippen LogP contribution in [0.4, 0.5) is 17.2 Å². The number of hydrogen-bond donors (Lipinski definition) is 2. The summed E-state index contributed by atoms with van der Waals surface area (Å²) in [6.07, 6.45) is 10.8. The second-order valence-corrected chi connectivity index (χ2v) is 16.9. The summed E-state index contributed by atoms with van der Waals surface area (Å²) in [5.74, 6) is 0.901. The standard InChI is InChI=1S/C37H46B4N8O4/c1-21-17-45(25-19-53-20-25)8-9-46(21)24-4-5-30(43-16-24)44-27-12-23(18-49(34(27)51)37(39,40)41)26-6-7-42-33(31(26)32(38)50)48-11-10-47-28(35(48)52)13-22-14-36(2,3)15-29(22)47/h4-7,10-13,16,18,21,25,32,50H,8-9,14-15,17,19-20,38-41H2,1-3H3,(H,43,44)/t21-,32?/m0/s1. The van der Waals surface area contributed by atoms with Gasteiger partial charge < -0.3 is 29.0 Å². The van der Waals surface area contributed by atoms with Crippen LogP contribution in [0.3, 0.4) is 0 Å². The molecule has 1 unspecified atom stereocenters. The number of hydrogen-bond acceptors (Lipinski definition) is 9. The van der Waals surface area contributed by atoms with Gasteiger partial charge in [-0.2, -0.15) is 0 Å². The molecule has 8 rings (SSSR count). The van der Waals surface area contributed by atoms with Crippen LogP contribution in [0.1, 0.15) is 43.6 Å². The van der Waals surface area contributed by atoms with Crippen molar-refractivity contribution in [1.29, 1.82) is 0 Å². The van der Waals surface area contributed by atoms with E-state index in [0.717, 1.165) is 51.4 Å². The second-order valence-electron chi connectivity index (χ2n) is 16.9. The molecular formula is C37H46B4N8O4. The SMILES string of the molecule is BC(O)c1c(-c2cc(Nc3ccc(N4CCN(C5COC5)C[C@@H]4C)cn3)c(=O)n(C(B)(B)B)c2)ccnc1-n1ccn2c3c(cc2c1=O)CC(C)(C)C3. The molecule has 0 radical (unpaired) electrons. The Morgan fingerprint density at radius 2 is 1.83 bits per heavy atom. The summed E-state index contributed by atoms with van der Waals surface area (Å²) < 4.78 is 10.6. The Balaban J connectivity index is 1.14. The van der Waals surface area contributed by atoms with Gasteiger partial charge in [-0.15, -0.1) is 0 Å². The smallest absolute Gasteiger partial charge is 0.280 e. The third-order valence-corrected chi connectivity index (χ3v) is 11.2. The summed E-state index contributed by atoms with van der Waals surface area (Å²) in [4.78, 5) is 42.3. The normalized spacial score (nSPS) is 19.6. The molecule has 12 nitrogen and oxygen atoms in total. The molecule has 0 amide bonds. The van der Waals surface area contributed by atoms with Gasteiger partial charge in [0.15, 0.2) is 0 Å². The molecule has 1 aliphatic carbocycles. The molecule has 2 aliphatic heterocycles. The summed E-state index contributed by atoms with van der Waals surface area (Å²) in [7, 11) is 7.61. The van der Waals surface area contributed by atoms with E-state index in [4.69, 9.17) is 9.72 Å². The van der Waals surface area contributed by atoms with Crippen molar-refractivity contribution in [3.63, 3.8) is 0 Å². The highest BCUT2D eigenvalue weighted by molar-refractivity contribution is 6.56. The Kier molecular flexibility index (Phi) is 8.78. The average molecular weight is 710 g/mol. The number of aliphatic hydroxyl groups is 1. The zero-order chi connectivity index (χ0) is 37.4. The van der Waals surface area contributed by atoms with E-state index in [1.54, 1.807) is 30.9 Å². The summed E-state index contributed by atoms with van der Waals surface area (Å²) >= 11 is 0. The van der Waals surface area contributed by atoms with Crippen molar-refractivity contribution < 1.29 is 9.84 Å². The molecular weight excluding hydrogens is 664 g/mol. The lowest BCUT2D eigenvalue weighted by Gasteiger charge is -2.46. The molecule has 3 aliphatic rings. The fourth-order valence-corrected chi connectivity index (χ4v) is 8.37. The van der Waals surface area contributed by atoms with E-state index >= 15 is 0 Å². The maximum Gasteiger partial charge on any atom is 0.280 e. The molecule has 2 saturated heterocycles. The molecule has 7 heterocycles. The van der Waals surface area contributed by atoms with E-state index in [1.165, 1.54) is 15.8 Å². The maximum atomic E-state index is 14.1. The van der Waals surface area contributed by atoms with Gasteiger partial charge in [-0.25, -0.2) is 9.97 Å². The first-order chi connectivity index (χ1) is 25.2. The molecule has 2 atom stereocenters. The number of rotatable bonds is 8. The van der Waals surface area contributed by atoms with E-state index in [-0.39, 0.29) is 16.5 Å². The van der Waals surface area contributed by atoms with Crippen molar-refractivity contribution in [2.24, 2.45) is 5.41 Å². The Bertz CT molecular complexity index is 2330. The minimum atomic E-state index is -0.971. The van der Waals surface area contributed by atoms with Crippen molar-refractivity contribution in [3.05, 3.63) is 98.8 Å². The van der Waals surface area contributed by atoms with Crippen molar-refractivity contribution in [1.82, 2.24) is 28.4 Å². The molecule has 5 aromatic heterocycles. The zero-order valence-corrected chi connectivity index (χ0v) is 31.8. The van der Waals surface area contributed by atoms with Gasteiger partial charge in [-0.1, -0.05) is 13.8 Å². The van der Waals surface area contributed by atoms with Gasteiger partial charge in [0.25, 0.3) is 11.1 Å². The number of nitrogens with zero attached hydrogens (tertiary/aromatic N) is 7. The molecule has 270 valence electrons. The minimum absolute atomic E-state index is 0.160. The maximum absolute atomic E-state index is 14.1. The van der Waals surface area contributed by atoms with E-state index in [2.05, 4.69) is 46.9 Å². The first-order valence-corrected chi connectivity index (χ1v) is 18.7. The molecule has 0 spiro atoms. The number of fused-ring (bicyclic) bond motifs is 3. The Labute approximate surface area is 312 Å². The number of ether oxygens (including phenoxy) is 1. The van der Waals surface area contributed by atoms with Crippen molar-refractivity contribution in [3.8, 4) is 16.9 Å². The van der Waals surface area contributed by atoms with Crippen LogP contribution < -0.4 is 21.3 Å². The van der Waals surface area contributed by atoms with Crippen molar-refractivity contribution >= 4 is 54.1 Å². The van der Waals surface area contributed by atoms with E-state index in [1.807, 2.05) is 64.7 Å². The highest BCUT2D eigenvalue weighted by Crippen LogP contribution is 2.38. The number of anilines is 3. The number of nitrogens with one attached hydrogen (secondary N) is 1. The molecule has 16 heteroatoms. The van der Waals surface area contributed by atoms with Crippen LogP contribution in [0.25, 0.3) is 22.5 Å². The van der Waals surface area contributed by atoms with Crippen LogP contribution in [-0.4, -0.2) is 110 Å².